The molecule has 0 bridgehead atoms. The van der Waals surface area contributed by atoms with E-state index in [9.17, 15) is 4.39 Å². The molecule has 0 aliphatic heterocycles. The first-order valence-electron chi connectivity index (χ1n) is 6.19. The van der Waals surface area contributed by atoms with Crippen molar-refractivity contribution in [1.82, 2.24) is 0 Å². The highest BCUT2D eigenvalue weighted by Crippen LogP contribution is 2.26. The molecule has 2 rings (SSSR count). The quantitative estimate of drug-likeness (QED) is 0.774. The van der Waals surface area contributed by atoms with Gasteiger partial charge in [0.05, 0.1) is 10.5 Å². The van der Waals surface area contributed by atoms with Gasteiger partial charge in [0.15, 0.2) is 0 Å². The van der Waals surface area contributed by atoms with Crippen LogP contribution < -0.4 is 11.1 Å². The molecule has 106 valence electrons. The molecule has 0 aromatic heterocycles. The molecule has 0 amide bonds. The lowest BCUT2D eigenvalue weighted by atomic mass is 10.0. The molecule has 0 saturated heterocycles. The molecular weight excluding hydrogens is 387 g/mol. The van der Waals surface area contributed by atoms with E-state index >= 15 is 0 Å². The predicted molar refractivity (Wildman–Crippen MR) is 88.4 cm³/mol. The normalized spacial score (nSPS) is 12.2. The Balaban J connectivity index is 2.23. The van der Waals surface area contributed by atoms with Crippen molar-refractivity contribution in [1.29, 1.82) is 0 Å². The van der Waals surface area contributed by atoms with E-state index in [1.54, 1.807) is 12.1 Å². The van der Waals surface area contributed by atoms with Crippen LogP contribution in [0.3, 0.4) is 0 Å². The molecule has 2 aromatic carbocycles. The highest BCUT2D eigenvalue weighted by Gasteiger charge is 2.11. The van der Waals surface area contributed by atoms with Crippen molar-refractivity contribution in [2.75, 3.05) is 11.9 Å². The van der Waals surface area contributed by atoms with Gasteiger partial charge in [-0.3, -0.25) is 0 Å². The Morgan fingerprint density at radius 3 is 2.50 bits per heavy atom. The zero-order valence-corrected chi connectivity index (χ0v) is 14.1. The van der Waals surface area contributed by atoms with Crippen LogP contribution in [-0.4, -0.2) is 6.54 Å². The number of anilines is 1. The van der Waals surface area contributed by atoms with Gasteiger partial charge in [0.1, 0.15) is 5.82 Å². The smallest absolute Gasteiger partial charge is 0.137 e. The Labute approximate surface area is 134 Å². The first-order chi connectivity index (χ1) is 9.51. The molecule has 0 spiro atoms. The summed E-state index contributed by atoms with van der Waals surface area (Å²) in [6.45, 7) is 2.49. The van der Waals surface area contributed by atoms with Gasteiger partial charge in [-0.05, 0) is 58.2 Å². The Morgan fingerprint density at radius 2 is 1.90 bits per heavy atom. The summed E-state index contributed by atoms with van der Waals surface area (Å²) >= 11 is 6.71. The van der Waals surface area contributed by atoms with Crippen LogP contribution in [0.1, 0.15) is 17.2 Å². The largest absolute Gasteiger partial charge is 0.377 e. The Hall–Kier alpha value is -0.910. The van der Waals surface area contributed by atoms with E-state index in [0.717, 1.165) is 15.7 Å². The fourth-order valence-corrected chi connectivity index (χ4v) is 2.67. The van der Waals surface area contributed by atoms with Crippen molar-refractivity contribution in [2.24, 2.45) is 5.73 Å². The Kier molecular flexibility index (Phi) is 5.18. The summed E-state index contributed by atoms with van der Waals surface area (Å²) in [4.78, 5) is 0. The average Bonchev–Trinajstić information content (AvgIpc) is 2.43. The molecule has 1 unspecified atom stereocenters. The van der Waals surface area contributed by atoms with Crippen molar-refractivity contribution in [3.05, 3.63) is 62.3 Å². The van der Waals surface area contributed by atoms with Gasteiger partial charge in [0, 0.05) is 16.7 Å². The Morgan fingerprint density at radius 1 is 1.15 bits per heavy atom. The monoisotopic (exact) mass is 400 g/mol. The van der Waals surface area contributed by atoms with Crippen molar-refractivity contribution in [2.45, 2.75) is 13.0 Å². The standard InChI is InChI=1S/C15H15Br2FN2/c1-9-2-3-10(6-12(9)16)15(8-19)20-11-4-5-14(18)13(17)7-11/h2-7,15,20H,8,19H2,1H3. The summed E-state index contributed by atoms with van der Waals surface area (Å²) in [7, 11) is 0. The third-order valence-electron chi connectivity index (χ3n) is 3.09. The highest BCUT2D eigenvalue weighted by atomic mass is 79.9. The van der Waals surface area contributed by atoms with Crippen LogP contribution in [0.4, 0.5) is 10.1 Å². The van der Waals surface area contributed by atoms with Gasteiger partial charge in [0.2, 0.25) is 0 Å². The van der Waals surface area contributed by atoms with E-state index in [0.29, 0.717) is 11.0 Å². The average molecular weight is 402 g/mol. The van der Waals surface area contributed by atoms with Crippen LogP contribution in [0.5, 0.6) is 0 Å². The van der Waals surface area contributed by atoms with Gasteiger partial charge >= 0.3 is 0 Å². The van der Waals surface area contributed by atoms with Crippen LogP contribution in [0.2, 0.25) is 0 Å². The molecular formula is C15H15Br2FN2. The van der Waals surface area contributed by atoms with Crippen molar-refractivity contribution >= 4 is 37.5 Å². The summed E-state index contributed by atoms with van der Waals surface area (Å²) in [5.41, 5.74) is 8.93. The molecule has 0 aliphatic carbocycles. The predicted octanol–water partition coefficient (Wildman–Crippen LogP) is 4.77. The number of benzene rings is 2. The summed E-state index contributed by atoms with van der Waals surface area (Å²) in [6.07, 6.45) is 0. The van der Waals surface area contributed by atoms with Crippen molar-refractivity contribution in [3.8, 4) is 0 Å². The number of nitrogens with one attached hydrogen (secondary N) is 1. The molecule has 0 aliphatic rings. The van der Waals surface area contributed by atoms with Crippen LogP contribution in [0, 0.1) is 12.7 Å². The van der Waals surface area contributed by atoms with E-state index in [-0.39, 0.29) is 11.9 Å². The SMILES string of the molecule is Cc1ccc(C(CN)Nc2ccc(F)c(Br)c2)cc1Br. The summed E-state index contributed by atoms with van der Waals surface area (Å²) < 4.78 is 14.7. The van der Waals surface area contributed by atoms with E-state index in [2.05, 4.69) is 43.2 Å². The molecule has 0 fully saturated rings. The van der Waals surface area contributed by atoms with Gasteiger partial charge in [-0.1, -0.05) is 28.1 Å². The molecule has 20 heavy (non-hydrogen) atoms. The molecule has 0 saturated carbocycles. The van der Waals surface area contributed by atoms with E-state index < -0.39 is 0 Å². The summed E-state index contributed by atoms with van der Waals surface area (Å²) in [5.74, 6) is -0.280. The van der Waals surface area contributed by atoms with Crippen LogP contribution in [-0.2, 0) is 0 Å². The lowest BCUT2D eigenvalue weighted by Gasteiger charge is -2.19. The number of hydrogen-bond donors (Lipinski definition) is 2. The number of rotatable bonds is 4. The van der Waals surface area contributed by atoms with Gasteiger partial charge in [-0.15, -0.1) is 0 Å². The Bertz CT molecular complexity index is 617. The van der Waals surface area contributed by atoms with Crippen LogP contribution in [0.25, 0.3) is 0 Å². The zero-order valence-electron chi connectivity index (χ0n) is 11.0. The summed E-state index contributed by atoms with van der Waals surface area (Å²) in [5, 5.41) is 3.32. The number of hydrogen-bond acceptors (Lipinski definition) is 2. The zero-order chi connectivity index (χ0) is 14.7. The third kappa shape index (κ3) is 3.59. The molecule has 0 heterocycles. The maximum atomic E-state index is 13.2. The van der Waals surface area contributed by atoms with E-state index in [1.165, 1.54) is 11.6 Å². The fraction of sp³-hybridized carbons (Fsp3) is 0.200. The van der Waals surface area contributed by atoms with Gasteiger partial charge in [0.25, 0.3) is 0 Å². The highest BCUT2D eigenvalue weighted by molar-refractivity contribution is 9.10. The molecule has 2 aromatic rings. The van der Waals surface area contributed by atoms with Crippen LogP contribution in [0.15, 0.2) is 45.3 Å². The molecule has 0 radical (unpaired) electrons. The minimum absolute atomic E-state index is 0.0238. The van der Waals surface area contributed by atoms with Crippen LogP contribution >= 0.6 is 31.9 Å². The number of halogens is 3. The van der Waals surface area contributed by atoms with Crippen molar-refractivity contribution in [3.63, 3.8) is 0 Å². The second-order valence-corrected chi connectivity index (χ2v) is 6.28. The maximum Gasteiger partial charge on any atom is 0.137 e. The first kappa shape index (κ1) is 15.5. The number of aryl methyl sites for hydroxylation is 1. The van der Waals surface area contributed by atoms with Crippen molar-refractivity contribution < 1.29 is 4.39 Å². The lowest BCUT2D eigenvalue weighted by molar-refractivity contribution is 0.621. The molecule has 1 atom stereocenters. The lowest BCUT2D eigenvalue weighted by Crippen LogP contribution is -2.20. The molecule has 3 N–H and O–H groups in total. The maximum absolute atomic E-state index is 13.2. The fourth-order valence-electron chi connectivity index (χ4n) is 1.89. The van der Waals surface area contributed by atoms with Gasteiger partial charge < -0.3 is 11.1 Å². The third-order valence-corrected chi connectivity index (χ3v) is 4.56. The second-order valence-electron chi connectivity index (χ2n) is 4.57. The minimum atomic E-state index is -0.280. The molecule has 2 nitrogen and oxygen atoms in total. The number of nitrogens with two attached hydrogens (primary N) is 1. The van der Waals surface area contributed by atoms with Gasteiger partial charge in [-0.25, -0.2) is 4.39 Å². The van der Waals surface area contributed by atoms with Gasteiger partial charge in [-0.2, -0.15) is 0 Å². The van der Waals surface area contributed by atoms with E-state index in [1.807, 2.05) is 19.1 Å². The second kappa shape index (κ2) is 6.70. The summed E-state index contributed by atoms with van der Waals surface area (Å²) in [6, 6.07) is 11.0. The topological polar surface area (TPSA) is 38.0 Å². The first-order valence-corrected chi connectivity index (χ1v) is 7.77. The molecule has 5 heteroatoms. The van der Waals surface area contributed by atoms with E-state index in [4.69, 9.17) is 5.73 Å². The minimum Gasteiger partial charge on any atom is -0.377 e.